The van der Waals surface area contributed by atoms with Gasteiger partial charge in [-0.05, 0) is 37.3 Å². The van der Waals surface area contributed by atoms with Crippen LogP contribution >= 0.6 is 0 Å². The van der Waals surface area contributed by atoms with Crippen molar-refractivity contribution in [2.45, 2.75) is 51.5 Å². The first-order chi connectivity index (χ1) is 9.98. The number of urea groups is 1. The number of carboxylic acids is 1. The summed E-state index contributed by atoms with van der Waals surface area (Å²) in [6.07, 6.45) is 3.45. The van der Waals surface area contributed by atoms with Crippen LogP contribution < -0.4 is 10.6 Å². The van der Waals surface area contributed by atoms with E-state index in [1.54, 1.807) is 0 Å². The van der Waals surface area contributed by atoms with Gasteiger partial charge in [-0.25, -0.2) is 9.59 Å². The van der Waals surface area contributed by atoms with Crippen LogP contribution in [0.25, 0.3) is 0 Å². The van der Waals surface area contributed by atoms with Gasteiger partial charge in [0.15, 0.2) is 0 Å². The van der Waals surface area contributed by atoms with E-state index in [0.29, 0.717) is 12.8 Å². The Balaban J connectivity index is 2.14. The molecular weight excluding hydrogens is 268 g/mol. The molecular formula is C16H22N2O3. The number of amides is 2. The zero-order valence-electron chi connectivity index (χ0n) is 12.5. The Kier molecular flexibility index (Phi) is 4.50. The van der Waals surface area contributed by atoms with E-state index in [0.717, 1.165) is 36.1 Å². The molecule has 1 aromatic rings. The van der Waals surface area contributed by atoms with Crippen molar-refractivity contribution in [1.29, 1.82) is 0 Å². The Morgan fingerprint density at radius 3 is 2.52 bits per heavy atom. The SMILES string of the molecule is CCc1cccc(C)c1NC(=O)NC1(C(=O)O)CCCC1. The van der Waals surface area contributed by atoms with Gasteiger partial charge in [-0.1, -0.05) is 38.0 Å². The smallest absolute Gasteiger partial charge is 0.329 e. The molecule has 1 fully saturated rings. The van der Waals surface area contributed by atoms with Gasteiger partial charge in [-0.3, -0.25) is 0 Å². The Hall–Kier alpha value is -2.04. The molecule has 0 heterocycles. The summed E-state index contributed by atoms with van der Waals surface area (Å²) in [5.41, 5.74) is 1.68. The molecule has 114 valence electrons. The second-order valence-corrected chi connectivity index (χ2v) is 5.64. The van der Waals surface area contributed by atoms with Crippen molar-refractivity contribution in [3.05, 3.63) is 29.3 Å². The molecule has 0 aliphatic heterocycles. The zero-order valence-corrected chi connectivity index (χ0v) is 12.5. The molecule has 0 aromatic heterocycles. The van der Waals surface area contributed by atoms with Crippen molar-refractivity contribution in [1.82, 2.24) is 5.32 Å². The topological polar surface area (TPSA) is 78.4 Å². The number of rotatable bonds is 4. The predicted octanol–water partition coefficient (Wildman–Crippen LogP) is 3.08. The molecule has 5 nitrogen and oxygen atoms in total. The highest BCUT2D eigenvalue weighted by Crippen LogP contribution is 2.30. The van der Waals surface area contributed by atoms with Crippen LogP contribution in [0.5, 0.6) is 0 Å². The Bertz CT molecular complexity index is 548. The van der Waals surface area contributed by atoms with Crippen molar-refractivity contribution in [3.63, 3.8) is 0 Å². The summed E-state index contributed by atoms with van der Waals surface area (Å²) in [5, 5.41) is 14.9. The summed E-state index contributed by atoms with van der Waals surface area (Å²) < 4.78 is 0. The van der Waals surface area contributed by atoms with E-state index in [1.807, 2.05) is 32.0 Å². The average molecular weight is 290 g/mol. The van der Waals surface area contributed by atoms with Crippen LogP contribution in [0.1, 0.15) is 43.7 Å². The minimum Gasteiger partial charge on any atom is -0.480 e. The fourth-order valence-electron chi connectivity index (χ4n) is 2.94. The van der Waals surface area contributed by atoms with Crippen LogP contribution in [0.2, 0.25) is 0 Å². The lowest BCUT2D eigenvalue weighted by atomic mass is 9.98. The van der Waals surface area contributed by atoms with Crippen LogP contribution in [0.4, 0.5) is 10.5 Å². The van der Waals surface area contributed by atoms with Crippen LogP contribution in [-0.4, -0.2) is 22.6 Å². The van der Waals surface area contributed by atoms with E-state index in [-0.39, 0.29) is 0 Å². The summed E-state index contributed by atoms with van der Waals surface area (Å²) in [6, 6.07) is 5.40. The van der Waals surface area contributed by atoms with Crippen molar-refractivity contribution in [2.24, 2.45) is 0 Å². The monoisotopic (exact) mass is 290 g/mol. The van der Waals surface area contributed by atoms with Gasteiger partial charge in [0.1, 0.15) is 5.54 Å². The van der Waals surface area contributed by atoms with Gasteiger partial charge < -0.3 is 15.7 Å². The number of hydrogen-bond acceptors (Lipinski definition) is 2. The van der Waals surface area contributed by atoms with E-state index in [9.17, 15) is 14.7 Å². The Labute approximate surface area is 124 Å². The Morgan fingerprint density at radius 2 is 1.95 bits per heavy atom. The van der Waals surface area contributed by atoms with Crippen molar-refractivity contribution in [3.8, 4) is 0 Å². The normalized spacial score (nSPS) is 16.5. The van der Waals surface area contributed by atoms with Gasteiger partial charge in [0.2, 0.25) is 0 Å². The molecule has 5 heteroatoms. The summed E-state index contributed by atoms with van der Waals surface area (Å²) >= 11 is 0. The molecule has 1 aromatic carbocycles. The van der Waals surface area contributed by atoms with Crippen LogP contribution in [0.3, 0.4) is 0 Å². The zero-order chi connectivity index (χ0) is 15.5. The van der Waals surface area contributed by atoms with E-state index in [1.165, 1.54) is 0 Å². The third kappa shape index (κ3) is 3.17. The lowest BCUT2D eigenvalue weighted by molar-refractivity contribution is -0.144. The summed E-state index contributed by atoms with van der Waals surface area (Å²) in [7, 11) is 0. The number of nitrogens with one attached hydrogen (secondary N) is 2. The first kappa shape index (κ1) is 15.4. The number of aryl methyl sites for hydroxylation is 2. The predicted molar refractivity (Wildman–Crippen MR) is 81.5 cm³/mol. The molecule has 1 aliphatic carbocycles. The van der Waals surface area contributed by atoms with Crippen molar-refractivity contribution in [2.75, 3.05) is 5.32 Å². The van der Waals surface area contributed by atoms with E-state index in [2.05, 4.69) is 10.6 Å². The van der Waals surface area contributed by atoms with Gasteiger partial charge >= 0.3 is 12.0 Å². The number of carbonyl (C=O) groups is 2. The minimum absolute atomic E-state index is 0.441. The fraction of sp³-hybridized carbons (Fsp3) is 0.500. The number of para-hydroxylation sites is 1. The van der Waals surface area contributed by atoms with Crippen LogP contribution in [0, 0.1) is 6.92 Å². The maximum absolute atomic E-state index is 12.2. The molecule has 1 aliphatic rings. The van der Waals surface area contributed by atoms with E-state index in [4.69, 9.17) is 0 Å². The second-order valence-electron chi connectivity index (χ2n) is 5.64. The van der Waals surface area contributed by atoms with Crippen molar-refractivity contribution >= 4 is 17.7 Å². The number of hydrogen-bond donors (Lipinski definition) is 3. The van der Waals surface area contributed by atoms with Gasteiger partial charge in [0.25, 0.3) is 0 Å². The highest BCUT2D eigenvalue weighted by molar-refractivity contribution is 5.95. The number of benzene rings is 1. The largest absolute Gasteiger partial charge is 0.480 e. The molecule has 0 unspecified atom stereocenters. The molecule has 0 atom stereocenters. The first-order valence-electron chi connectivity index (χ1n) is 7.39. The number of aliphatic carboxylic acids is 1. The lowest BCUT2D eigenvalue weighted by Gasteiger charge is -2.26. The molecule has 1 saturated carbocycles. The highest BCUT2D eigenvalue weighted by Gasteiger charge is 2.42. The standard InChI is InChI=1S/C16H22N2O3/c1-3-12-8-6-7-11(2)13(12)17-15(21)18-16(14(19)20)9-4-5-10-16/h6-8H,3-5,9-10H2,1-2H3,(H,19,20)(H2,17,18,21). The van der Waals surface area contributed by atoms with Gasteiger partial charge in [0.05, 0.1) is 0 Å². The number of anilines is 1. The first-order valence-corrected chi connectivity index (χ1v) is 7.39. The molecule has 21 heavy (non-hydrogen) atoms. The molecule has 2 amide bonds. The quantitative estimate of drug-likeness (QED) is 0.797. The lowest BCUT2D eigenvalue weighted by Crippen LogP contribution is -2.53. The van der Waals surface area contributed by atoms with Gasteiger partial charge in [-0.2, -0.15) is 0 Å². The van der Waals surface area contributed by atoms with Crippen LogP contribution in [-0.2, 0) is 11.2 Å². The second kappa shape index (κ2) is 6.16. The Morgan fingerprint density at radius 1 is 1.29 bits per heavy atom. The highest BCUT2D eigenvalue weighted by atomic mass is 16.4. The van der Waals surface area contributed by atoms with E-state index < -0.39 is 17.5 Å². The average Bonchev–Trinajstić information content (AvgIpc) is 2.91. The van der Waals surface area contributed by atoms with Crippen LogP contribution in [0.15, 0.2) is 18.2 Å². The van der Waals surface area contributed by atoms with Crippen molar-refractivity contribution < 1.29 is 14.7 Å². The maximum atomic E-state index is 12.2. The van der Waals surface area contributed by atoms with Gasteiger partial charge in [-0.15, -0.1) is 0 Å². The molecule has 0 bridgehead atoms. The molecule has 2 rings (SSSR count). The number of carboxylic acid groups (broad SMARTS) is 1. The molecule has 0 radical (unpaired) electrons. The third-order valence-corrected chi connectivity index (χ3v) is 4.20. The molecule has 3 N–H and O–H groups in total. The third-order valence-electron chi connectivity index (χ3n) is 4.20. The summed E-state index contributed by atoms with van der Waals surface area (Å²) in [5.74, 6) is -0.948. The molecule has 0 saturated heterocycles. The minimum atomic E-state index is -1.11. The summed E-state index contributed by atoms with van der Waals surface area (Å²) in [4.78, 5) is 23.7. The van der Waals surface area contributed by atoms with E-state index >= 15 is 0 Å². The molecule has 0 spiro atoms. The summed E-state index contributed by atoms with van der Waals surface area (Å²) in [6.45, 7) is 3.95. The van der Waals surface area contributed by atoms with Gasteiger partial charge in [0, 0.05) is 5.69 Å². The maximum Gasteiger partial charge on any atom is 0.329 e. The fourth-order valence-corrected chi connectivity index (χ4v) is 2.94. The number of carbonyl (C=O) groups excluding carboxylic acids is 1.